The molecular formula is C9H7BrN4O. The Kier molecular flexibility index (Phi) is 2.77. The number of aromatic nitrogens is 3. The number of aromatic amines is 1. The van der Waals surface area contributed by atoms with Crippen LogP contribution in [0.1, 0.15) is 10.5 Å². The molecule has 76 valence electrons. The van der Waals surface area contributed by atoms with E-state index in [1.54, 1.807) is 24.4 Å². The molecule has 5 nitrogen and oxygen atoms in total. The van der Waals surface area contributed by atoms with Gasteiger partial charge in [-0.2, -0.15) is 5.10 Å². The lowest BCUT2D eigenvalue weighted by atomic mass is 10.3. The second-order valence-corrected chi connectivity index (χ2v) is 3.61. The summed E-state index contributed by atoms with van der Waals surface area (Å²) >= 11 is 3.21. The van der Waals surface area contributed by atoms with Crippen LogP contribution in [0.15, 0.2) is 35.2 Å². The SMILES string of the molecule is O=C(Nc1ccc(Br)nc1)c1ccn[nH]1. The van der Waals surface area contributed by atoms with Crippen LogP contribution in [0, 0.1) is 0 Å². The van der Waals surface area contributed by atoms with Crippen molar-refractivity contribution in [3.8, 4) is 0 Å². The van der Waals surface area contributed by atoms with Crippen LogP contribution < -0.4 is 5.32 Å². The Hall–Kier alpha value is -1.69. The molecule has 0 spiro atoms. The Morgan fingerprint density at radius 2 is 2.27 bits per heavy atom. The molecule has 0 unspecified atom stereocenters. The van der Waals surface area contributed by atoms with Gasteiger partial charge in [-0.05, 0) is 34.1 Å². The molecule has 2 N–H and O–H groups in total. The lowest BCUT2D eigenvalue weighted by Crippen LogP contribution is -2.12. The Balaban J connectivity index is 2.09. The topological polar surface area (TPSA) is 70.7 Å². The Morgan fingerprint density at radius 3 is 2.87 bits per heavy atom. The number of carbonyl (C=O) groups excluding carboxylic acids is 1. The maximum Gasteiger partial charge on any atom is 0.273 e. The van der Waals surface area contributed by atoms with Crippen molar-refractivity contribution < 1.29 is 4.79 Å². The Morgan fingerprint density at radius 1 is 1.40 bits per heavy atom. The van der Waals surface area contributed by atoms with Gasteiger partial charge >= 0.3 is 0 Å². The standard InChI is InChI=1S/C9H7BrN4O/c10-8-2-1-6(5-11-8)13-9(15)7-3-4-12-14-7/h1-5H,(H,12,14)(H,13,15). The minimum absolute atomic E-state index is 0.239. The third kappa shape index (κ3) is 2.41. The largest absolute Gasteiger partial charge is 0.319 e. The molecule has 0 fully saturated rings. The fourth-order valence-electron chi connectivity index (χ4n) is 1.03. The van der Waals surface area contributed by atoms with Gasteiger partial charge in [-0.15, -0.1) is 0 Å². The summed E-state index contributed by atoms with van der Waals surface area (Å²) in [6.07, 6.45) is 3.09. The average Bonchev–Trinajstić information content (AvgIpc) is 2.74. The van der Waals surface area contributed by atoms with Crippen molar-refractivity contribution in [1.82, 2.24) is 15.2 Å². The number of H-pyrrole nitrogens is 1. The maximum absolute atomic E-state index is 11.5. The molecule has 0 aliphatic heterocycles. The number of hydrogen-bond donors (Lipinski definition) is 2. The summed E-state index contributed by atoms with van der Waals surface area (Å²) < 4.78 is 0.724. The van der Waals surface area contributed by atoms with E-state index >= 15 is 0 Å². The predicted molar refractivity (Wildman–Crippen MR) is 58.5 cm³/mol. The highest BCUT2D eigenvalue weighted by Gasteiger charge is 2.06. The van der Waals surface area contributed by atoms with Gasteiger partial charge in [0.25, 0.3) is 5.91 Å². The van der Waals surface area contributed by atoms with Gasteiger partial charge in [-0.25, -0.2) is 4.98 Å². The van der Waals surface area contributed by atoms with Gasteiger partial charge in [-0.3, -0.25) is 9.89 Å². The fourth-order valence-corrected chi connectivity index (χ4v) is 1.27. The van der Waals surface area contributed by atoms with E-state index in [-0.39, 0.29) is 5.91 Å². The smallest absolute Gasteiger partial charge is 0.273 e. The first-order chi connectivity index (χ1) is 7.25. The zero-order valence-electron chi connectivity index (χ0n) is 7.57. The van der Waals surface area contributed by atoms with Gasteiger partial charge in [0.05, 0.1) is 11.9 Å². The highest BCUT2D eigenvalue weighted by atomic mass is 79.9. The van der Waals surface area contributed by atoms with E-state index in [9.17, 15) is 4.79 Å². The molecule has 0 aromatic carbocycles. The maximum atomic E-state index is 11.5. The summed E-state index contributed by atoms with van der Waals surface area (Å²) in [5, 5.41) is 8.94. The number of nitrogens with zero attached hydrogens (tertiary/aromatic N) is 2. The van der Waals surface area contributed by atoms with E-state index in [0.29, 0.717) is 11.4 Å². The van der Waals surface area contributed by atoms with Crippen LogP contribution in [0.4, 0.5) is 5.69 Å². The van der Waals surface area contributed by atoms with Crippen LogP contribution >= 0.6 is 15.9 Å². The van der Waals surface area contributed by atoms with E-state index in [0.717, 1.165) is 4.60 Å². The summed E-state index contributed by atoms with van der Waals surface area (Å²) in [5.74, 6) is -0.239. The van der Waals surface area contributed by atoms with E-state index in [4.69, 9.17) is 0 Å². The number of rotatable bonds is 2. The zero-order valence-corrected chi connectivity index (χ0v) is 9.15. The lowest BCUT2D eigenvalue weighted by molar-refractivity contribution is 0.102. The van der Waals surface area contributed by atoms with Crippen molar-refractivity contribution in [2.45, 2.75) is 0 Å². The summed E-state index contributed by atoms with van der Waals surface area (Å²) in [4.78, 5) is 15.5. The average molecular weight is 267 g/mol. The first kappa shape index (κ1) is 9.85. The molecule has 0 aliphatic rings. The monoisotopic (exact) mass is 266 g/mol. The molecule has 0 saturated carbocycles. The van der Waals surface area contributed by atoms with E-state index in [1.165, 1.54) is 6.20 Å². The van der Waals surface area contributed by atoms with Crippen LogP contribution in [0.2, 0.25) is 0 Å². The Labute approximate surface area is 94.0 Å². The Bertz CT molecular complexity index is 451. The highest BCUT2D eigenvalue weighted by Crippen LogP contribution is 2.11. The number of halogens is 1. The summed E-state index contributed by atoms with van der Waals surface area (Å²) in [7, 11) is 0. The number of pyridine rings is 1. The number of hydrogen-bond acceptors (Lipinski definition) is 3. The van der Waals surface area contributed by atoms with Crippen molar-refractivity contribution in [2.75, 3.05) is 5.32 Å². The number of nitrogens with one attached hydrogen (secondary N) is 2. The van der Waals surface area contributed by atoms with Crippen molar-refractivity contribution in [1.29, 1.82) is 0 Å². The quantitative estimate of drug-likeness (QED) is 0.815. The summed E-state index contributed by atoms with van der Waals surface area (Å²) in [5.41, 5.74) is 1.05. The first-order valence-electron chi connectivity index (χ1n) is 4.18. The third-order valence-corrected chi connectivity index (χ3v) is 2.20. The third-order valence-electron chi connectivity index (χ3n) is 1.73. The van der Waals surface area contributed by atoms with Crippen molar-refractivity contribution in [3.05, 3.63) is 40.9 Å². The molecule has 0 atom stereocenters. The van der Waals surface area contributed by atoms with Gasteiger partial charge in [0, 0.05) is 6.20 Å². The van der Waals surface area contributed by atoms with Gasteiger partial charge < -0.3 is 5.32 Å². The minimum atomic E-state index is -0.239. The minimum Gasteiger partial charge on any atom is -0.319 e. The molecule has 0 saturated heterocycles. The second-order valence-electron chi connectivity index (χ2n) is 2.79. The normalized spacial score (nSPS) is 9.93. The molecule has 2 aromatic rings. The van der Waals surface area contributed by atoms with Crippen LogP contribution in [0.5, 0.6) is 0 Å². The van der Waals surface area contributed by atoms with Gasteiger partial charge in [0.1, 0.15) is 10.3 Å². The van der Waals surface area contributed by atoms with Crippen LogP contribution in [0.25, 0.3) is 0 Å². The molecular weight excluding hydrogens is 260 g/mol. The highest BCUT2D eigenvalue weighted by molar-refractivity contribution is 9.10. The van der Waals surface area contributed by atoms with Crippen LogP contribution in [0.3, 0.4) is 0 Å². The second kappa shape index (κ2) is 4.22. The van der Waals surface area contributed by atoms with E-state index < -0.39 is 0 Å². The van der Waals surface area contributed by atoms with Crippen molar-refractivity contribution in [3.63, 3.8) is 0 Å². The summed E-state index contributed by atoms with van der Waals surface area (Å²) in [6.45, 7) is 0. The molecule has 15 heavy (non-hydrogen) atoms. The molecule has 2 aromatic heterocycles. The molecule has 2 heterocycles. The first-order valence-corrected chi connectivity index (χ1v) is 4.97. The molecule has 2 rings (SSSR count). The number of anilines is 1. The fraction of sp³-hybridized carbons (Fsp3) is 0. The number of amides is 1. The zero-order chi connectivity index (χ0) is 10.7. The summed E-state index contributed by atoms with van der Waals surface area (Å²) in [6, 6.07) is 5.11. The lowest BCUT2D eigenvalue weighted by Gasteiger charge is -2.02. The van der Waals surface area contributed by atoms with Crippen LogP contribution in [-0.2, 0) is 0 Å². The van der Waals surface area contributed by atoms with Gasteiger partial charge in [0.2, 0.25) is 0 Å². The van der Waals surface area contributed by atoms with Crippen molar-refractivity contribution >= 4 is 27.5 Å². The molecule has 0 bridgehead atoms. The molecule has 0 radical (unpaired) electrons. The van der Waals surface area contributed by atoms with Gasteiger partial charge in [0.15, 0.2) is 0 Å². The number of carbonyl (C=O) groups is 1. The van der Waals surface area contributed by atoms with E-state index in [2.05, 4.69) is 36.4 Å². The van der Waals surface area contributed by atoms with Crippen molar-refractivity contribution in [2.24, 2.45) is 0 Å². The van der Waals surface area contributed by atoms with Gasteiger partial charge in [-0.1, -0.05) is 0 Å². The molecule has 6 heteroatoms. The molecule has 1 amide bonds. The van der Waals surface area contributed by atoms with Crippen LogP contribution in [-0.4, -0.2) is 21.1 Å². The molecule has 0 aliphatic carbocycles. The van der Waals surface area contributed by atoms with E-state index in [1.807, 2.05) is 0 Å². The predicted octanol–water partition coefficient (Wildman–Crippen LogP) is 1.82.